The van der Waals surface area contributed by atoms with Crippen LogP contribution in [0.3, 0.4) is 0 Å². The summed E-state index contributed by atoms with van der Waals surface area (Å²) in [7, 11) is -3.23. The Labute approximate surface area is 123 Å². The summed E-state index contributed by atoms with van der Waals surface area (Å²) in [5.74, 6) is 0. The summed E-state index contributed by atoms with van der Waals surface area (Å²) >= 11 is 0. The molecule has 3 nitrogen and oxygen atoms in total. The second-order valence-electron chi connectivity index (χ2n) is 6.53. The summed E-state index contributed by atoms with van der Waals surface area (Å²) in [6, 6.07) is 3.96. The first-order valence-electron chi connectivity index (χ1n) is 8.05. The second-order valence-corrected chi connectivity index (χ2v) is 15.9. The van der Waals surface area contributed by atoms with E-state index in [0.29, 0.717) is 0 Å². The molecular formula is C14H37N3Si2. The number of hydrogen-bond donors (Lipinski definition) is 3. The summed E-state index contributed by atoms with van der Waals surface area (Å²) in [6.07, 6.45) is 0. The van der Waals surface area contributed by atoms with E-state index in [0.717, 1.165) is 13.1 Å². The van der Waals surface area contributed by atoms with Crippen LogP contribution in [0.15, 0.2) is 0 Å². The molecular weight excluding hydrogens is 266 g/mol. The van der Waals surface area contributed by atoms with E-state index in [4.69, 9.17) is 0 Å². The molecule has 0 unspecified atom stereocenters. The van der Waals surface area contributed by atoms with Gasteiger partial charge in [0.15, 0.2) is 0 Å². The van der Waals surface area contributed by atoms with E-state index in [-0.39, 0.29) is 5.04 Å². The number of nitrogens with one attached hydrogen (secondary N) is 3. The minimum absolute atomic E-state index is 0.261. The van der Waals surface area contributed by atoms with Crippen LogP contribution in [-0.4, -0.2) is 29.9 Å². The summed E-state index contributed by atoms with van der Waals surface area (Å²) < 4.78 is 4.23. The maximum atomic E-state index is 4.23. The quantitative estimate of drug-likeness (QED) is 0.570. The fourth-order valence-corrected chi connectivity index (χ4v) is 14.1. The largest absolute Gasteiger partial charge is 0.334 e. The van der Waals surface area contributed by atoms with Crippen molar-refractivity contribution in [3.63, 3.8) is 0 Å². The summed E-state index contributed by atoms with van der Waals surface area (Å²) in [5.41, 5.74) is 0. The molecule has 0 fully saturated rings. The lowest BCUT2D eigenvalue weighted by Crippen LogP contribution is -2.81. The van der Waals surface area contributed by atoms with Crippen molar-refractivity contribution in [2.75, 3.05) is 13.1 Å². The van der Waals surface area contributed by atoms with E-state index in [1.807, 2.05) is 0 Å². The van der Waals surface area contributed by atoms with E-state index in [1.165, 1.54) is 18.1 Å². The predicted molar refractivity (Wildman–Crippen MR) is 93.2 cm³/mol. The number of rotatable bonds is 9. The van der Waals surface area contributed by atoms with E-state index in [2.05, 4.69) is 70.0 Å². The molecule has 5 heteroatoms. The van der Waals surface area contributed by atoms with Crippen LogP contribution in [0.1, 0.15) is 55.4 Å². The first-order valence-corrected chi connectivity index (χ1v) is 12.7. The average Bonchev–Trinajstić information content (AvgIpc) is 2.35. The van der Waals surface area contributed by atoms with Crippen molar-refractivity contribution in [3.05, 3.63) is 0 Å². The maximum Gasteiger partial charge on any atom is 0.280 e. The van der Waals surface area contributed by atoms with Gasteiger partial charge in [-0.05, 0) is 36.3 Å². The van der Waals surface area contributed by atoms with Crippen molar-refractivity contribution in [1.82, 2.24) is 14.6 Å². The highest BCUT2D eigenvalue weighted by Gasteiger charge is 2.49. The molecule has 0 saturated carbocycles. The molecule has 0 saturated heterocycles. The normalized spacial score (nSPS) is 13.9. The third kappa shape index (κ3) is 4.67. The van der Waals surface area contributed by atoms with E-state index >= 15 is 0 Å². The van der Waals surface area contributed by atoms with Gasteiger partial charge in [-0.2, -0.15) is 0 Å². The van der Waals surface area contributed by atoms with Crippen LogP contribution in [0.5, 0.6) is 0 Å². The van der Waals surface area contributed by atoms with Gasteiger partial charge in [0.05, 0.1) is 0 Å². The molecule has 0 aliphatic carbocycles. The van der Waals surface area contributed by atoms with Gasteiger partial charge in [-0.25, -0.2) is 0 Å². The standard InChI is InChI=1S/C14H37N3Si2/c1-9-15-19(16-10-2,14(6,7)8)17-18(11-3,12-4)13-5/h15-17H,9-13H2,1-8H3. The highest BCUT2D eigenvalue weighted by atomic mass is 28.4. The molecule has 0 aliphatic heterocycles. The molecule has 0 aromatic rings. The van der Waals surface area contributed by atoms with Crippen molar-refractivity contribution in [3.8, 4) is 0 Å². The van der Waals surface area contributed by atoms with Crippen LogP contribution in [-0.2, 0) is 0 Å². The molecule has 0 radical (unpaired) electrons. The van der Waals surface area contributed by atoms with Gasteiger partial charge in [-0.3, -0.25) is 0 Å². The van der Waals surface area contributed by atoms with Crippen molar-refractivity contribution in [2.24, 2.45) is 0 Å². The van der Waals surface area contributed by atoms with E-state index in [1.54, 1.807) is 0 Å². The molecule has 0 rings (SSSR count). The topological polar surface area (TPSA) is 36.1 Å². The molecule has 0 bridgehead atoms. The van der Waals surface area contributed by atoms with Crippen LogP contribution in [0.25, 0.3) is 0 Å². The van der Waals surface area contributed by atoms with Crippen LogP contribution < -0.4 is 14.6 Å². The highest BCUT2D eigenvalue weighted by molar-refractivity contribution is 6.92. The smallest absolute Gasteiger partial charge is 0.280 e. The van der Waals surface area contributed by atoms with Gasteiger partial charge in [0, 0.05) is 0 Å². The Morgan fingerprint density at radius 1 is 0.737 bits per heavy atom. The lowest BCUT2D eigenvalue weighted by Gasteiger charge is -2.49. The lowest BCUT2D eigenvalue weighted by atomic mass is 10.3. The highest BCUT2D eigenvalue weighted by Crippen LogP contribution is 2.33. The lowest BCUT2D eigenvalue weighted by molar-refractivity contribution is 0.628. The van der Waals surface area contributed by atoms with Crippen molar-refractivity contribution in [2.45, 2.75) is 78.6 Å². The minimum Gasteiger partial charge on any atom is -0.334 e. The Morgan fingerprint density at radius 3 is 1.32 bits per heavy atom. The van der Waals surface area contributed by atoms with Crippen LogP contribution in [0.4, 0.5) is 0 Å². The minimum atomic E-state index is -1.88. The molecule has 116 valence electrons. The van der Waals surface area contributed by atoms with Crippen molar-refractivity contribution in [1.29, 1.82) is 0 Å². The Morgan fingerprint density at radius 2 is 1.11 bits per heavy atom. The van der Waals surface area contributed by atoms with E-state index in [9.17, 15) is 0 Å². The molecule has 3 N–H and O–H groups in total. The van der Waals surface area contributed by atoms with Crippen LogP contribution in [0.2, 0.25) is 23.2 Å². The number of hydrogen-bond acceptors (Lipinski definition) is 3. The van der Waals surface area contributed by atoms with E-state index < -0.39 is 16.8 Å². The van der Waals surface area contributed by atoms with Crippen LogP contribution >= 0.6 is 0 Å². The summed E-state index contributed by atoms with van der Waals surface area (Å²) in [4.78, 5) is 7.69. The molecule has 0 atom stereocenters. The monoisotopic (exact) mass is 303 g/mol. The Bertz CT molecular complexity index is 233. The Balaban J connectivity index is 5.44. The fraction of sp³-hybridized carbons (Fsp3) is 1.00. The molecule has 19 heavy (non-hydrogen) atoms. The van der Waals surface area contributed by atoms with Gasteiger partial charge in [-0.15, -0.1) is 0 Å². The van der Waals surface area contributed by atoms with Gasteiger partial charge in [0.25, 0.3) is 8.56 Å². The van der Waals surface area contributed by atoms with Gasteiger partial charge >= 0.3 is 0 Å². The molecule has 0 aromatic heterocycles. The Kier molecular flexibility index (Phi) is 8.06. The molecule has 0 aliphatic rings. The van der Waals surface area contributed by atoms with Crippen molar-refractivity contribution >= 4 is 16.8 Å². The molecule has 0 aromatic carbocycles. The zero-order chi connectivity index (χ0) is 15.2. The second kappa shape index (κ2) is 7.93. The van der Waals surface area contributed by atoms with Gasteiger partial charge in [0.2, 0.25) is 0 Å². The summed E-state index contributed by atoms with van der Waals surface area (Å²) in [6.45, 7) is 20.7. The molecule has 0 amide bonds. The third-order valence-corrected chi connectivity index (χ3v) is 16.2. The van der Waals surface area contributed by atoms with Gasteiger partial charge < -0.3 is 14.6 Å². The molecule has 0 heterocycles. The fourth-order valence-electron chi connectivity index (χ4n) is 2.81. The zero-order valence-electron chi connectivity index (χ0n) is 14.5. The van der Waals surface area contributed by atoms with Crippen molar-refractivity contribution < 1.29 is 0 Å². The predicted octanol–water partition coefficient (Wildman–Crippen LogP) is 3.54. The SMILES string of the molecule is CCN[Si](NCC)(N[Si](CC)(CC)CC)C(C)(C)C. The third-order valence-electron chi connectivity index (χ3n) is 4.49. The van der Waals surface area contributed by atoms with Crippen LogP contribution in [0, 0.1) is 0 Å². The average molecular weight is 304 g/mol. The zero-order valence-corrected chi connectivity index (χ0v) is 16.5. The van der Waals surface area contributed by atoms with Gasteiger partial charge in [0.1, 0.15) is 8.24 Å². The first-order chi connectivity index (χ1) is 8.76. The Hall–Kier alpha value is 0.314. The summed E-state index contributed by atoms with van der Waals surface area (Å²) in [5, 5.41) is 0.261. The van der Waals surface area contributed by atoms with Gasteiger partial charge in [-0.1, -0.05) is 55.4 Å². The first kappa shape index (κ1) is 19.3. The maximum absolute atomic E-state index is 4.23. The molecule has 0 spiro atoms.